The molecule has 2 heterocycles. The Morgan fingerprint density at radius 2 is 2.29 bits per heavy atom. The Morgan fingerprint density at radius 1 is 1.41 bits per heavy atom. The summed E-state index contributed by atoms with van der Waals surface area (Å²) in [7, 11) is 0. The van der Waals surface area contributed by atoms with Crippen molar-refractivity contribution in [2.75, 3.05) is 11.4 Å². The van der Waals surface area contributed by atoms with Gasteiger partial charge < -0.3 is 10.0 Å². The first-order valence-corrected chi connectivity index (χ1v) is 6.67. The van der Waals surface area contributed by atoms with E-state index in [0.29, 0.717) is 6.04 Å². The van der Waals surface area contributed by atoms with Gasteiger partial charge in [0, 0.05) is 18.8 Å². The molecule has 1 unspecified atom stereocenters. The van der Waals surface area contributed by atoms with Crippen LogP contribution in [-0.4, -0.2) is 22.7 Å². The van der Waals surface area contributed by atoms with Crippen LogP contribution < -0.4 is 4.90 Å². The van der Waals surface area contributed by atoms with Crippen molar-refractivity contribution >= 4 is 5.82 Å². The van der Waals surface area contributed by atoms with Crippen molar-refractivity contribution in [3.8, 4) is 0 Å². The lowest BCUT2D eigenvalue weighted by Gasteiger charge is -2.30. The van der Waals surface area contributed by atoms with E-state index in [1.54, 1.807) is 6.20 Å². The first kappa shape index (κ1) is 12.4. The molecule has 1 atom stereocenters. The smallest absolute Gasteiger partial charge is 0.129 e. The topological polar surface area (TPSA) is 36.4 Å². The molecule has 1 aliphatic rings. The number of rotatable bonds is 3. The number of hydrogen-bond acceptors (Lipinski definition) is 3. The largest absolute Gasteiger partial charge is 0.392 e. The number of anilines is 1. The van der Waals surface area contributed by atoms with E-state index in [1.165, 1.54) is 32.1 Å². The lowest BCUT2D eigenvalue weighted by atomic mass is 10.1. The van der Waals surface area contributed by atoms with Gasteiger partial charge in [-0.05, 0) is 37.0 Å². The fourth-order valence-electron chi connectivity index (χ4n) is 2.62. The average Bonchev–Trinajstić information content (AvgIpc) is 2.63. The van der Waals surface area contributed by atoms with Crippen molar-refractivity contribution in [1.82, 2.24) is 4.98 Å². The van der Waals surface area contributed by atoms with E-state index >= 15 is 0 Å². The maximum Gasteiger partial charge on any atom is 0.129 e. The Kier molecular flexibility index (Phi) is 4.37. The summed E-state index contributed by atoms with van der Waals surface area (Å²) in [6.45, 7) is 3.44. The number of nitrogens with zero attached hydrogens (tertiary/aromatic N) is 2. The number of pyridine rings is 1. The van der Waals surface area contributed by atoms with Crippen molar-refractivity contribution in [2.24, 2.45) is 0 Å². The van der Waals surface area contributed by atoms with Crippen molar-refractivity contribution in [1.29, 1.82) is 0 Å². The zero-order valence-electron chi connectivity index (χ0n) is 10.6. The van der Waals surface area contributed by atoms with E-state index in [-0.39, 0.29) is 6.61 Å². The molecule has 0 radical (unpaired) electrons. The van der Waals surface area contributed by atoms with Crippen LogP contribution >= 0.6 is 0 Å². The highest BCUT2D eigenvalue weighted by molar-refractivity contribution is 5.42. The summed E-state index contributed by atoms with van der Waals surface area (Å²) in [6, 6.07) is 4.51. The predicted molar refractivity (Wildman–Crippen MR) is 70.1 cm³/mol. The second kappa shape index (κ2) is 6.01. The molecule has 1 saturated heterocycles. The van der Waals surface area contributed by atoms with Gasteiger partial charge in [-0.2, -0.15) is 0 Å². The third-order valence-corrected chi connectivity index (χ3v) is 3.64. The van der Waals surface area contributed by atoms with Gasteiger partial charge in [0.15, 0.2) is 0 Å². The molecule has 0 bridgehead atoms. The van der Waals surface area contributed by atoms with Gasteiger partial charge in [-0.1, -0.05) is 19.8 Å². The van der Waals surface area contributed by atoms with Crippen LogP contribution in [0.4, 0.5) is 5.82 Å². The number of aromatic nitrogens is 1. The average molecular weight is 234 g/mol. The standard InChI is InChI=1S/C14H22N2O/c1-2-13-6-4-3-5-9-16(13)14-10-12(11-17)7-8-15-14/h7-8,10,13,17H,2-6,9,11H2,1H3. The van der Waals surface area contributed by atoms with E-state index in [1.807, 2.05) is 12.1 Å². The predicted octanol–water partition coefficient (Wildman–Crippen LogP) is 2.73. The monoisotopic (exact) mass is 234 g/mol. The number of aliphatic hydroxyl groups excluding tert-OH is 1. The lowest BCUT2D eigenvalue weighted by molar-refractivity contribution is 0.281. The van der Waals surface area contributed by atoms with E-state index < -0.39 is 0 Å². The van der Waals surface area contributed by atoms with Crippen LogP contribution in [0.15, 0.2) is 18.3 Å². The SMILES string of the molecule is CCC1CCCCCN1c1cc(CO)ccn1. The molecule has 3 nitrogen and oxygen atoms in total. The van der Waals surface area contributed by atoms with Crippen molar-refractivity contribution in [3.05, 3.63) is 23.9 Å². The molecule has 17 heavy (non-hydrogen) atoms. The first-order valence-electron chi connectivity index (χ1n) is 6.67. The molecule has 1 aromatic rings. The Bertz CT molecular complexity index is 354. The molecule has 0 aromatic carbocycles. The van der Waals surface area contributed by atoms with Gasteiger partial charge >= 0.3 is 0 Å². The second-order valence-corrected chi connectivity index (χ2v) is 4.79. The molecule has 3 heteroatoms. The van der Waals surface area contributed by atoms with Crippen molar-refractivity contribution < 1.29 is 5.11 Å². The van der Waals surface area contributed by atoms with Gasteiger partial charge in [0.1, 0.15) is 5.82 Å². The molecule has 0 aliphatic carbocycles. The molecule has 2 rings (SSSR count). The minimum Gasteiger partial charge on any atom is -0.392 e. The third kappa shape index (κ3) is 2.97. The summed E-state index contributed by atoms with van der Waals surface area (Å²) in [6.07, 6.45) is 8.15. The van der Waals surface area contributed by atoms with Crippen LogP contribution in [0.2, 0.25) is 0 Å². The Labute approximate surface area is 103 Å². The molecule has 0 spiro atoms. The first-order chi connectivity index (χ1) is 8.35. The zero-order valence-corrected chi connectivity index (χ0v) is 10.6. The van der Waals surface area contributed by atoms with Gasteiger partial charge in [-0.15, -0.1) is 0 Å². The molecule has 1 fully saturated rings. The Balaban J connectivity index is 2.21. The zero-order chi connectivity index (χ0) is 12.1. The van der Waals surface area contributed by atoms with E-state index in [4.69, 9.17) is 0 Å². The van der Waals surface area contributed by atoms with Crippen LogP contribution in [0.3, 0.4) is 0 Å². The molecule has 1 N–H and O–H groups in total. The summed E-state index contributed by atoms with van der Waals surface area (Å²) < 4.78 is 0. The lowest BCUT2D eigenvalue weighted by Crippen LogP contribution is -2.35. The maximum atomic E-state index is 9.19. The highest BCUT2D eigenvalue weighted by Gasteiger charge is 2.20. The molecular weight excluding hydrogens is 212 g/mol. The number of hydrogen-bond donors (Lipinski definition) is 1. The van der Waals surface area contributed by atoms with Crippen LogP contribution in [0.25, 0.3) is 0 Å². The normalized spacial score (nSPS) is 21.3. The summed E-state index contributed by atoms with van der Waals surface area (Å²) in [4.78, 5) is 6.89. The molecule has 0 amide bonds. The summed E-state index contributed by atoms with van der Waals surface area (Å²) in [5.74, 6) is 1.03. The summed E-state index contributed by atoms with van der Waals surface area (Å²) >= 11 is 0. The molecule has 94 valence electrons. The van der Waals surface area contributed by atoms with Gasteiger partial charge in [-0.3, -0.25) is 0 Å². The van der Waals surface area contributed by atoms with Gasteiger partial charge in [0.25, 0.3) is 0 Å². The van der Waals surface area contributed by atoms with Gasteiger partial charge in [-0.25, -0.2) is 4.98 Å². The van der Waals surface area contributed by atoms with E-state index in [0.717, 1.165) is 17.9 Å². The van der Waals surface area contributed by atoms with Crippen LogP contribution in [-0.2, 0) is 6.61 Å². The highest BCUT2D eigenvalue weighted by Crippen LogP contribution is 2.24. The molecule has 0 saturated carbocycles. The van der Waals surface area contributed by atoms with Crippen LogP contribution in [0.5, 0.6) is 0 Å². The Hall–Kier alpha value is -1.09. The van der Waals surface area contributed by atoms with Gasteiger partial charge in [0.2, 0.25) is 0 Å². The molecule has 1 aromatic heterocycles. The number of aliphatic hydroxyl groups is 1. The fraction of sp³-hybridized carbons (Fsp3) is 0.643. The van der Waals surface area contributed by atoms with Gasteiger partial charge in [0.05, 0.1) is 6.61 Å². The second-order valence-electron chi connectivity index (χ2n) is 4.79. The maximum absolute atomic E-state index is 9.19. The summed E-state index contributed by atoms with van der Waals surface area (Å²) in [5.41, 5.74) is 0.953. The highest BCUT2D eigenvalue weighted by atomic mass is 16.3. The molecule has 1 aliphatic heterocycles. The Morgan fingerprint density at radius 3 is 3.06 bits per heavy atom. The fourth-order valence-corrected chi connectivity index (χ4v) is 2.62. The van der Waals surface area contributed by atoms with Crippen molar-refractivity contribution in [2.45, 2.75) is 51.7 Å². The van der Waals surface area contributed by atoms with Crippen molar-refractivity contribution in [3.63, 3.8) is 0 Å². The van der Waals surface area contributed by atoms with Crippen LogP contribution in [0.1, 0.15) is 44.6 Å². The minimum absolute atomic E-state index is 0.0974. The van der Waals surface area contributed by atoms with E-state index in [9.17, 15) is 5.11 Å². The third-order valence-electron chi connectivity index (χ3n) is 3.64. The minimum atomic E-state index is 0.0974. The molecular formula is C14H22N2O. The van der Waals surface area contributed by atoms with Crippen LogP contribution in [0, 0.1) is 0 Å². The summed E-state index contributed by atoms with van der Waals surface area (Å²) in [5, 5.41) is 9.19. The quantitative estimate of drug-likeness (QED) is 0.873. The van der Waals surface area contributed by atoms with E-state index in [2.05, 4.69) is 16.8 Å².